The smallest absolute Gasteiger partial charge is 0.235 e. The fraction of sp³-hybridized carbons (Fsp3) is 0.400. The van der Waals surface area contributed by atoms with Crippen molar-refractivity contribution in [3.8, 4) is 0 Å². The Kier molecular flexibility index (Phi) is 2.50. The van der Waals surface area contributed by atoms with E-state index in [9.17, 15) is 26.0 Å². The second kappa shape index (κ2) is 3.44. The highest BCUT2D eigenvalue weighted by Crippen LogP contribution is 2.48. The molecule has 1 aliphatic rings. The van der Waals surface area contributed by atoms with Gasteiger partial charge in [0.2, 0.25) is 0 Å². The van der Waals surface area contributed by atoms with Crippen molar-refractivity contribution < 1.29 is 26.0 Å². The van der Waals surface area contributed by atoms with Gasteiger partial charge in [-0.3, -0.25) is 0 Å². The lowest BCUT2D eigenvalue weighted by Crippen LogP contribution is -2.19. The molecule has 1 aromatic carbocycles. The quantitative estimate of drug-likeness (QED) is 0.579. The summed E-state index contributed by atoms with van der Waals surface area (Å²) in [5.74, 6) is -4.90. The number of hydrogen-bond acceptors (Lipinski definition) is 2. The monoisotopic (exact) mass is 268 g/mol. The summed E-state index contributed by atoms with van der Waals surface area (Å²) in [6, 6.07) is 1.58. The zero-order chi connectivity index (χ0) is 13.0. The fourth-order valence-corrected chi connectivity index (χ4v) is 2.90. The average Bonchev–Trinajstić information content (AvgIpc) is 2.36. The van der Waals surface area contributed by atoms with Crippen molar-refractivity contribution in [3.05, 3.63) is 29.1 Å². The molecule has 0 radical (unpaired) electrons. The van der Waals surface area contributed by atoms with Gasteiger partial charge in [0.15, 0.2) is 16.0 Å². The number of halogens is 4. The summed E-state index contributed by atoms with van der Waals surface area (Å²) in [6.45, 7) is 0. The van der Waals surface area contributed by atoms with Gasteiger partial charge in [-0.2, -0.15) is 0 Å². The van der Waals surface area contributed by atoms with Crippen LogP contribution in [-0.4, -0.2) is 20.6 Å². The van der Waals surface area contributed by atoms with Crippen LogP contribution in [0.2, 0.25) is 0 Å². The molecule has 0 fully saturated rings. The van der Waals surface area contributed by atoms with Crippen molar-refractivity contribution in [2.45, 2.75) is 23.4 Å². The fourth-order valence-electron chi connectivity index (χ4n) is 1.96. The lowest BCUT2D eigenvalue weighted by atomic mass is 10.1. The topological polar surface area (TPSA) is 34.1 Å². The first-order valence-electron chi connectivity index (χ1n) is 4.68. The molecular formula is C10H8F4O2S. The van der Waals surface area contributed by atoms with Gasteiger partial charge in [0.05, 0.1) is 4.90 Å². The maximum atomic E-state index is 13.3. The highest BCUT2D eigenvalue weighted by atomic mass is 32.2. The summed E-state index contributed by atoms with van der Waals surface area (Å²) < 4.78 is 75.6. The van der Waals surface area contributed by atoms with Crippen LogP contribution < -0.4 is 0 Å². The zero-order valence-electron chi connectivity index (χ0n) is 8.68. The highest BCUT2D eigenvalue weighted by Gasteiger charge is 2.51. The van der Waals surface area contributed by atoms with Crippen LogP contribution in [0.1, 0.15) is 17.3 Å². The van der Waals surface area contributed by atoms with Gasteiger partial charge in [-0.25, -0.2) is 26.0 Å². The van der Waals surface area contributed by atoms with Crippen LogP contribution in [0.3, 0.4) is 0 Å². The number of sulfone groups is 1. The first-order chi connectivity index (χ1) is 7.64. The highest BCUT2D eigenvalue weighted by molar-refractivity contribution is 7.90. The number of fused-ring (bicyclic) bond motifs is 1. The predicted octanol–water partition coefficient (Wildman–Crippen LogP) is 2.43. The van der Waals surface area contributed by atoms with Gasteiger partial charge < -0.3 is 0 Å². The SMILES string of the molecule is CS(=O)(=O)c1ccc(F)c2c1CC(F)(F)[C@@H]2F. The largest absolute Gasteiger partial charge is 0.286 e. The van der Waals surface area contributed by atoms with E-state index in [1.807, 2.05) is 0 Å². The van der Waals surface area contributed by atoms with Gasteiger partial charge >= 0.3 is 0 Å². The molecule has 1 aromatic rings. The van der Waals surface area contributed by atoms with Crippen molar-refractivity contribution in [1.82, 2.24) is 0 Å². The van der Waals surface area contributed by atoms with Crippen LogP contribution in [0.15, 0.2) is 17.0 Å². The Morgan fingerprint density at radius 2 is 1.94 bits per heavy atom. The number of rotatable bonds is 1. The zero-order valence-corrected chi connectivity index (χ0v) is 9.49. The molecule has 2 nitrogen and oxygen atoms in total. The van der Waals surface area contributed by atoms with E-state index in [1.54, 1.807) is 0 Å². The van der Waals surface area contributed by atoms with Gasteiger partial charge in [-0.1, -0.05) is 0 Å². The molecule has 1 atom stereocenters. The molecule has 0 aliphatic heterocycles. The molecular weight excluding hydrogens is 260 g/mol. The minimum atomic E-state index is -3.79. The summed E-state index contributed by atoms with van der Waals surface area (Å²) in [5, 5.41) is 0. The van der Waals surface area contributed by atoms with E-state index >= 15 is 0 Å². The Morgan fingerprint density at radius 1 is 1.35 bits per heavy atom. The number of alkyl halides is 3. The van der Waals surface area contributed by atoms with E-state index in [0.29, 0.717) is 6.07 Å². The Hall–Kier alpha value is -1.11. The predicted molar refractivity (Wildman–Crippen MR) is 52.0 cm³/mol. The van der Waals surface area contributed by atoms with Crippen molar-refractivity contribution in [2.24, 2.45) is 0 Å². The molecule has 0 bridgehead atoms. The summed E-state index contributed by atoms with van der Waals surface area (Å²) in [6.07, 6.45) is -3.08. The average molecular weight is 268 g/mol. The normalized spacial score (nSPS) is 22.5. The third-order valence-corrected chi connectivity index (χ3v) is 3.88. The molecule has 0 aromatic heterocycles. The van der Waals surface area contributed by atoms with Crippen molar-refractivity contribution in [3.63, 3.8) is 0 Å². The Morgan fingerprint density at radius 3 is 2.47 bits per heavy atom. The summed E-state index contributed by atoms with van der Waals surface area (Å²) in [4.78, 5) is -0.436. The molecule has 1 aliphatic carbocycles. The lowest BCUT2D eigenvalue weighted by Gasteiger charge is -2.10. The first-order valence-corrected chi connectivity index (χ1v) is 6.57. The molecule has 0 heterocycles. The van der Waals surface area contributed by atoms with Gasteiger partial charge in [-0.15, -0.1) is 0 Å². The maximum Gasteiger partial charge on any atom is 0.286 e. The van der Waals surface area contributed by atoms with E-state index in [-0.39, 0.29) is 0 Å². The van der Waals surface area contributed by atoms with Gasteiger partial charge in [0, 0.05) is 18.2 Å². The lowest BCUT2D eigenvalue weighted by molar-refractivity contribution is -0.0611. The maximum absolute atomic E-state index is 13.3. The Bertz CT molecular complexity index is 580. The summed E-state index contributed by atoms with van der Waals surface area (Å²) in [7, 11) is -3.79. The van der Waals surface area contributed by atoms with Crippen LogP contribution in [0.4, 0.5) is 17.6 Å². The minimum absolute atomic E-state index is 0.436. The van der Waals surface area contributed by atoms with Gasteiger partial charge in [-0.05, 0) is 17.7 Å². The van der Waals surface area contributed by atoms with Crippen LogP contribution >= 0.6 is 0 Å². The molecule has 2 rings (SSSR count). The Balaban J connectivity index is 2.75. The van der Waals surface area contributed by atoms with E-state index < -0.39 is 50.2 Å². The minimum Gasteiger partial charge on any atom is -0.235 e. The van der Waals surface area contributed by atoms with Crippen molar-refractivity contribution in [2.75, 3.05) is 6.26 Å². The molecule has 0 unspecified atom stereocenters. The third kappa shape index (κ3) is 1.82. The summed E-state index contributed by atoms with van der Waals surface area (Å²) >= 11 is 0. The van der Waals surface area contributed by atoms with Crippen LogP contribution in [-0.2, 0) is 16.3 Å². The Labute approximate surface area is 95.2 Å². The van der Waals surface area contributed by atoms with Crippen molar-refractivity contribution in [1.29, 1.82) is 0 Å². The van der Waals surface area contributed by atoms with Crippen molar-refractivity contribution >= 4 is 9.84 Å². The van der Waals surface area contributed by atoms with E-state index in [1.165, 1.54) is 0 Å². The van der Waals surface area contributed by atoms with Gasteiger partial charge in [0.1, 0.15) is 5.82 Å². The molecule has 0 saturated carbocycles. The van der Waals surface area contributed by atoms with Gasteiger partial charge in [0.25, 0.3) is 5.92 Å². The first kappa shape index (κ1) is 12.3. The molecule has 0 amide bonds. The molecule has 94 valence electrons. The second-order valence-corrected chi connectivity index (χ2v) is 5.99. The van der Waals surface area contributed by atoms with E-state index in [2.05, 4.69) is 0 Å². The van der Waals surface area contributed by atoms with Crippen LogP contribution in [0, 0.1) is 5.82 Å². The molecule has 17 heavy (non-hydrogen) atoms. The molecule has 0 N–H and O–H groups in total. The van der Waals surface area contributed by atoms with E-state index in [4.69, 9.17) is 0 Å². The number of hydrogen-bond donors (Lipinski definition) is 0. The third-order valence-electron chi connectivity index (χ3n) is 2.70. The molecule has 0 spiro atoms. The van der Waals surface area contributed by atoms with Crippen LogP contribution in [0.25, 0.3) is 0 Å². The molecule has 7 heteroatoms. The van der Waals surface area contributed by atoms with E-state index in [0.717, 1.165) is 12.3 Å². The second-order valence-electron chi connectivity index (χ2n) is 4.01. The molecule has 0 saturated heterocycles. The summed E-state index contributed by atoms with van der Waals surface area (Å²) in [5.41, 5.74) is -1.29. The standard InChI is InChI=1S/C10H8F4O2S/c1-17(15,16)7-3-2-6(11)8-5(7)4-10(13,14)9(8)12/h2-3,9H,4H2,1H3/t9-/m1/s1. The number of benzene rings is 1. The van der Waals surface area contributed by atoms with Crippen LogP contribution in [0.5, 0.6) is 0 Å².